The van der Waals surface area contributed by atoms with E-state index in [1.807, 2.05) is 24.3 Å². The van der Waals surface area contributed by atoms with Crippen LogP contribution in [0.2, 0.25) is 0 Å². The minimum atomic E-state index is -0.147. The quantitative estimate of drug-likeness (QED) is 0.298. The zero-order valence-corrected chi connectivity index (χ0v) is 18.0. The summed E-state index contributed by atoms with van der Waals surface area (Å²) in [4.78, 5) is 18.3. The molecule has 0 radical (unpaired) electrons. The van der Waals surface area contributed by atoms with Gasteiger partial charge < -0.3 is 26.0 Å². The van der Waals surface area contributed by atoms with Gasteiger partial charge in [0.25, 0.3) is 0 Å². The Morgan fingerprint density at radius 1 is 1.21 bits per heavy atom. The number of guanidine groups is 1. The number of nitrogens with zero attached hydrogens (tertiary/aromatic N) is 2. The summed E-state index contributed by atoms with van der Waals surface area (Å²) in [6, 6.07) is 8.08. The molecule has 0 bridgehead atoms. The number of likely N-dealkylation sites (tertiary alicyclic amines) is 1. The Kier molecular flexibility index (Phi) is 10.3. The molecule has 7 heteroatoms. The van der Waals surface area contributed by atoms with Crippen LogP contribution in [0.3, 0.4) is 0 Å². The molecular weight excluding hydrogens is 366 g/mol. The molecule has 1 saturated heterocycles. The summed E-state index contributed by atoms with van der Waals surface area (Å²) in [5.41, 5.74) is 6.62. The lowest BCUT2D eigenvalue weighted by Crippen LogP contribution is -2.39. The zero-order valence-electron chi connectivity index (χ0n) is 18.0. The third kappa shape index (κ3) is 9.17. The highest BCUT2D eigenvalue weighted by molar-refractivity contribution is 5.79. The number of aliphatic imine (C=N–C) groups is 1. The Labute approximate surface area is 175 Å². The van der Waals surface area contributed by atoms with Gasteiger partial charge in [-0.2, -0.15) is 0 Å². The number of nitrogens with two attached hydrogens (primary N) is 1. The summed E-state index contributed by atoms with van der Waals surface area (Å²) in [5, 5.41) is 6.59. The van der Waals surface area contributed by atoms with Crippen molar-refractivity contribution < 1.29 is 9.53 Å². The number of primary amides is 1. The summed E-state index contributed by atoms with van der Waals surface area (Å²) < 4.78 is 5.74. The Balaban J connectivity index is 1.58. The first kappa shape index (κ1) is 23.0. The molecule has 1 aromatic carbocycles. The van der Waals surface area contributed by atoms with Crippen molar-refractivity contribution in [3.63, 3.8) is 0 Å². The molecule has 162 valence electrons. The van der Waals surface area contributed by atoms with Crippen LogP contribution >= 0.6 is 0 Å². The number of hydrogen-bond donors (Lipinski definition) is 3. The summed E-state index contributed by atoms with van der Waals surface area (Å²) >= 11 is 0. The predicted octanol–water partition coefficient (Wildman–Crippen LogP) is 1.91. The molecule has 0 aromatic heterocycles. The molecule has 0 saturated carbocycles. The van der Waals surface area contributed by atoms with Gasteiger partial charge in [0, 0.05) is 19.0 Å². The van der Waals surface area contributed by atoms with Crippen LogP contribution in [-0.4, -0.2) is 62.6 Å². The number of carbonyl (C=O) groups is 1. The molecular formula is C22H37N5O2. The summed E-state index contributed by atoms with van der Waals surface area (Å²) in [5.74, 6) is 1.65. The molecule has 0 unspecified atom stereocenters. The van der Waals surface area contributed by atoms with E-state index in [1.165, 1.54) is 5.56 Å². The fourth-order valence-electron chi connectivity index (χ4n) is 3.39. The van der Waals surface area contributed by atoms with Gasteiger partial charge in [0.2, 0.25) is 5.91 Å². The van der Waals surface area contributed by atoms with Crippen LogP contribution in [0.25, 0.3) is 0 Å². The van der Waals surface area contributed by atoms with E-state index in [0.717, 1.165) is 70.1 Å². The molecule has 29 heavy (non-hydrogen) atoms. The number of rotatable bonds is 11. The first-order valence-electron chi connectivity index (χ1n) is 10.8. The predicted molar refractivity (Wildman–Crippen MR) is 118 cm³/mol. The Bertz CT molecular complexity index is 625. The van der Waals surface area contributed by atoms with Crippen molar-refractivity contribution in [3.8, 4) is 5.75 Å². The topological polar surface area (TPSA) is 92.0 Å². The summed E-state index contributed by atoms with van der Waals surface area (Å²) in [7, 11) is 0. The van der Waals surface area contributed by atoms with Crippen molar-refractivity contribution in [2.75, 3.05) is 45.9 Å². The minimum absolute atomic E-state index is 0.0691. The Morgan fingerprint density at radius 2 is 1.93 bits per heavy atom. The van der Waals surface area contributed by atoms with Gasteiger partial charge in [0.15, 0.2) is 5.96 Å². The molecule has 0 atom stereocenters. The molecule has 7 nitrogen and oxygen atoms in total. The maximum absolute atomic E-state index is 11.2. The molecule has 1 heterocycles. The Hall–Kier alpha value is -2.28. The van der Waals surface area contributed by atoms with Crippen LogP contribution in [0.4, 0.5) is 0 Å². The van der Waals surface area contributed by atoms with E-state index in [2.05, 4.69) is 34.4 Å². The molecule has 1 aliphatic heterocycles. The average molecular weight is 404 g/mol. The van der Waals surface area contributed by atoms with E-state index in [0.29, 0.717) is 13.2 Å². The lowest BCUT2D eigenvalue weighted by Gasteiger charge is -2.30. The molecule has 1 aromatic rings. The second-order valence-electron chi connectivity index (χ2n) is 7.57. The smallest absolute Gasteiger partial charge is 0.220 e. The van der Waals surface area contributed by atoms with Gasteiger partial charge >= 0.3 is 0 Å². The molecule has 0 aliphatic carbocycles. The van der Waals surface area contributed by atoms with Crippen LogP contribution in [0, 0.1) is 12.8 Å². The number of hydrogen-bond acceptors (Lipinski definition) is 4. The van der Waals surface area contributed by atoms with Crippen LogP contribution in [0.1, 0.15) is 38.2 Å². The molecule has 4 N–H and O–H groups in total. The van der Waals surface area contributed by atoms with Gasteiger partial charge in [-0.1, -0.05) is 17.7 Å². The average Bonchev–Trinajstić information content (AvgIpc) is 2.72. The molecule has 2 rings (SSSR count). The van der Waals surface area contributed by atoms with Gasteiger partial charge in [-0.25, -0.2) is 0 Å². The van der Waals surface area contributed by atoms with Crippen LogP contribution in [0.5, 0.6) is 5.75 Å². The lowest BCUT2D eigenvalue weighted by molar-refractivity contribution is -0.123. The van der Waals surface area contributed by atoms with Crippen molar-refractivity contribution in [3.05, 3.63) is 29.8 Å². The number of unbranched alkanes of at least 4 members (excludes halogenated alkanes) is 1. The van der Waals surface area contributed by atoms with E-state index >= 15 is 0 Å². The van der Waals surface area contributed by atoms with Crippen LogP contribution < -0.4 is 21.1 Å². The Morgan fingerprint density at radius 3 is 2.59 bits per heavy atom. The monoisotopic (exact) mass is 403 g/mol. The molecule has 1 fully saturated rings. The van der Waals surface area contributed by atoms with Crippen molar-refractivity contribution in [2.24, 2.45) is 16.6 Å². The number of amides is 1. The van der Waals surface area contributed by atoms with Crippen LogP contribution in [-0.2, 0) is 4.79 Å². The van der Waals surface area contributed by atoms with Crippen molar-refractivity contribution >= 4 is 11.9 Å². The second kappa shape index (κ2) is 13.0. The van der Waals surface area contributed by atoms with E-state index in [4.69, 9.17) is 10.5 Å². The highest BCUT2D eigenvalue weighted by Crippen LogP contribution is 2.16. The first-order valence-corrected chi connectivity index (χ1v) is 10.8. The zero-order chi connectivity index (χ0) is 20.9. The van der Waals surface area contributed by atoms with Crippen molar-refractivity contribution in [1.29, 1.82) is 0 Å². The van der Waals surface area contributed by atoms with Gasteiger partial charge in [0.05, 0.1) is 6.54 Å². The largest absolute Gasteiger partial charge is 0.492 e. The number of piperidine rings is 1. The fourth-order valence-corrected chi connectivity index (χ4v) is 3.39. The third-order valence-corrected chi connectivity index (χ3v) is 5.17. The number of carbonyl (C=O) groups excluding carboxylic acids is 1. The number of nitrogens with one attached hydrogen (secondary N) is 2. The first-order chi connectivity index (χ1) is 14.1. The lowest BCUT2D eigenvalue weighted by atomic mass is 9.96. The third-order valence-electron chi connectivity index (χ3n) is 5.17. The van der Waals surface area contributed by atoms with Gasteiger partial charge in [-0.05, 0) is 71.3 Å². The van der Waals surface area contributed by atoms with E-state index in [1.54, 1.807) is 0 Å². The second-order valence-corrected chi connectivity index (χ2v) is 7.57. The van der Waals surface area contributed by atoms with Gasteiger partial charge in [-0.3, -0.25) is 9.79 Å². The fraction of sp³-hybridized carbons (Fsp3) is 0.636. The SMILES string of the molecule is CCNC(=NCCCCN1CCC(C(N)=O)CC1)NCCOc1ccc(C)cc1. The van der Waals surface area contributed by atoms with Gasteiger partial charge in [0.1, 0.15) is 12.4 Å². The normalized spacial score (nSPS) is 15.9. The maximum Gasteiger partial charge on any atom is 0.220 e. The molecule has 0 spiro atoms. The van der Waals surface area contributed by atoms with Crippen molar-refractivity contribution in [1.82, 2.24) is 15.5 Å². The summed E-state index contributed by atoms with van der Waals surface area (Å²) in [6.45, 7) is 10.1. The molecule has 1 aliphatic rings. The number of benzene rings is 1. The van der Waals surface area contributed by atoms with E-state index in [9.17, 15) is 4.79 Å². The van der Waals surface area contributed by atoms with E-state index in [-0.39, 0.29) is 11.8 Å². The number of ether oxygens (including phenoxy) is 1. The summed E-state index contributed by atoms with van der Waals surface area (Å²) in [6.07, 6.45) is 3.95. The standard InChI is InChI=1S/C22H37N5O2/c1-3-24-22(26-13-17-29-20-8-6-18(2)7-9-20)25-12-4-5-14-27-15-10-19(11-16-27)21(23)28/h6-9,19H,3-5,10-17H2,1-2H3,(H2,23,28)(H2,24,25,26). The van der Waals surface area contributed by atoms with Crippen LogP contribution in [0.15, 0.2) is 29.3 Å². The highest BCUT2D eigenvalue weighted by atomic mass is 16.5. The minimum Gasteiger partial charge on any atom is -0.492 e. The highest BCUT2D eigenvalue weighted by Gasteiger charge is 2.22. The van der Waals surface area contributed by atoms with E-state index < -0.39 is 0 Å². The maximum atomic E-state index is 11.2. The number of aryl methyl sites for hydroxylation is 1. The van der Waals surface area contributed by atoms with Gasteiger partial charge in [-0.15, -0.1) is 0 Å². The van der Waals surface area contributed by atoms with Crippen molar-refractivity contribution in [2.45, 2.75) is 39.5 Å². The molecule has 1 amide bonds.